The second kappa shape index (κ2) is 2.67. The zero-order valence-corrected chi connectivity index (χ0v) is 5.11. The molecule has 1 rings (SSSR count). The molecule has 0 amide bonds. The zero-order valence-electron chi connectivity index (χ0n) is 4.29. The van der Waals surface area contributed by atoms with E-state index in [1.54, 1.807) is 6.08 Å². The van der Waals surface area contributed by atoms with Crippen LogP contribution in [-0.2, 0) is 0 Å². The van der Waals surface area contributed by atoms with Crippen LogP contribution in [0.3, 0.4) is 0 Å². The minimum atomic E-state index is 0.903. The van der Waals surface area contributed by atoms with E-state index in [9.17, 15) is 0 Å². The lowest BCUT2D eigenvalue weighted by atomic mass is 10.4. The van der Waals surface area contributed by atoms with Crippen LogP contribution in [0, 0.1) is 5.41 Å². The Morgan fingerprint density at radius 1 is 1.88 bits per heavy atom. The van der Waals surface area contributed by atoms with E-state index in [2.05, 4.69) is 4.40 Å². The molecule has 0 saturated carbocycles. The molecule has 0 spiro atoms. The van der Waals surface area contributed by atoms with Crippen molar-refractivity contribution in [3.05, 3.63) is 11.0 Å². The summed E-state index contributed by atoms with van der Waals surface area (Å²) in [6, 6.07) is 0. The number of hydrogen-bond acceptors (Lipinski definition) is 3. The second-order valence-electron chi connectivity index (χ2n) is 1.38. The molecule has 3 heteroatoms. The summed E-state index contributed by atoms with van der Waals surface area (Å²) in [5.41, 5.74) is 0. The quantitative estimate of drug-likeness (QED) is 0.421. The van der Waals surface area contributed by atoms with E-state index in [-0.39, 0.29) is 0 Å². The lowest BCUT2D eigenvalue weighted by molar-refractivity contribution is 1.51. The molecule has 0 aliphatic carbocycles. The third-order valence-electron chi connectivity index (χ3n) is 0.806. The Morgan fingerprint density at radius 3 is 3.25 bits per heavy atom. The highest BCUT2D eigenvalue weighted by atomic mass is 32.2. The van der Waals surface area contributed by atoms with E-state index < -0.39 is 0 Å². The highest BCUT2D eigenvalue weighted by Crippen LogP contribution is 2.23. The Hall–Kier alpha value is -0.570. The first-order valence-corrected chi connectivity index (χ1v) is 3.09. The van der Waals surface area contributed by atoms with Gasteiger partial charge in [0.25, 0.3) is 0 Å². The van der Waals surface area contributed by atoms with Gasteiger partial charge in [0.15, 0.2) is 0 Å². The van der Waals surface area contributed by atoms with Crippen molar-refractivity contribution in [2.45, 2.75) is 6.42 Å². The van der Waals surface area contributed by atoms with Crippen molar-refractivity contribution >= 4 is 24.4 Å². The number of rotatable bonds is 1. The molecule has 0 atom stereocenters. The lowest BCUT2D eigenvalue weighted by Crippen LogP contribution is -1.69. The maximum absolute atomic E-state index is 6.70. The van der Waals surface area contributed by atoms with E-state index in [1.165, 1.54) is 18.2 Å². The molecule has 0 aromatic carbocycles. The standard InChI is InChI=1S/C5H6N2S/c6-3-1-5-2-4-7-8-5/h1,3-4,6H,2H2/b5-1-,6-3?. The van der Waals surface area contributed by atoms with Crippen LogP contribution in [-0.4, -0.2) is 12.4 Å². The van der Waals surface area contributed by atoms with E-state index in [1.807, 2.05) is 6.21 Å². The summed E-state index contributed by atoms with van der Waals surface area (Å²) in [4.78, 5) is 1.15. The topological polar surface area (TPSA) is 36.2 Å². The molecule has 8 heavy (non-hydrogen) atoms. The van der Waals surface area contributed by atoms with Gasteiger partial charge in [-0.05, 0) is 6.08 Å². The largest absolute Gasteiger partial charge is 0.309 e. The summed E-state index contributed by atoms with van der Waals surface area (Å²) in [6.07, 6.45) is 5.80. The Balaban J connectivity index is 2.50. The molecule has 0 saturated heterocycles. The molecule has 0 unspecified atom stereocenters. The summed E-state index contributed by atoms with van der Waals surface area (Å²) in [5, 5.41) is 6.70. The van der Waals surface area contributed by atoms with Gasteiger partial charge in [0, 0.05) is 35.7 Å². The van der Waals surface area contributed by atoms with Gasteiger partial charge in [0.1, 0.15) is 0 Å². The molecule has 1 N–H and O–H groups in total. The minimum Gasteiger partial charge on any atom is -0.309 e. The number of hydrogen-bond donors (Lipinski definition) is 1. The van der Waals surface area contributed by atoms with E-state index in [4.69, 9.17) is 5.41 Å². The predicted molar refractivity (Wildman–Crippen MR) is 37.6 cm³/mol. The fourth-order valence-electron chi connectivity index (χ4n) is 0.461. The molecule has 0 radical (unpaired) electrons. The van der Waals surface area contributed by atoms with Gasteiger partial charge in [-0.25, -0.2) is 4.40 Å². The number of nitrogens with one attached hydrogen (secondary N) is 1. The van der Waals surface area contributed by atoms with Crippen LogP contribution in [0.2, 0.25) is 0 Å². The molecule has 1 aliphatic rings. The molecule has 1 aliphatic heterocycles. The van der Waals surface area contributed by atoms with Gasteiger partial charge >= 0.3 is 0 Å². The summed E-state index contributed by atoms with van der Waals surface area (Å²) in [6.45, 7) is 0. The molecular formula is C5H6N2S. The van der Waals surface area contributed by atoms with Crippen LogP contribution >= 0.6 is 11.9 Å². The van der Waals surface area contributed by atoms with Gasteiger partial charge in [0.05, 0.1) is 0 Å². The first-order valence-electron chi connectivity index (χ1n) is 2.32. The fourth-order valence-corrected chi connectivity index (χ4v) is 1.02. The average molecular weight is 126 g/mol. The Labute approximate surface area is 52.3 Å². The number of allylic oxidation sites excluding steroid dienone is 2. The summed E-state index contributed by atoms with van der Waals surface area (Å²) in [7, 11) is 0. The average Bonchev–Trinajstić information content (AvgIpc) is 2.19. The molecule has 2 nitrogen and oxygen atoms in total. The molecule has 42 valence electrons. The van der Waals surface area contributed by atoms with Gasteiger partial charge in [-0.1, -0.05) is 0 Å². The van der Waals surface area contributed by atoms with Crippen molar-refractivity contribution in [3.63, 3.8) is 0 Å². The summed E-state index contributed by atoms with van der Waals surface area (Å²) in [5.74, 6) is 0. The summed E-state index contributed by atoms with van der Waals surface area (Å²) < 4.78 is 3.90. The third kappa shape index (κ3) is 1.20. The maximum Gasteiger partial charge on any atom is 0.0186 e. The van der Waals surface area contributed by atoms with Gasteiger partial charge in [-0.15, -0.1) is 0 Å². The van der Waals surface area contributed by atoms with Crippen molar-refractivity contribution in [2.24, 2.45) is 4.40 Å². The van der Waals surface area contributed by atoms with Crippen LogP contribution in [0.4, 0.5) is 0 Å². The second-order valence-corrected chi connectivity index (χ2v) is 2.30. The molecule has 1 heterocycles. The first-order chi connectivity index (χ1) is 3.93. The van der Waals surface area contributed by atoms with Gasteiger partial charge in [-0.3, -0.25) is 0 Å². The van der Waals surface area contributed by atoms with Crippen LogP contribution < -0.4 is 0 Å². The maximum atomic E-state index is 6.70. The van der Waals surface area contributed by atoms with E-state index >= 15 is 0 Å². The van der Waals surface area contributed by atoms with Gasteiger partial charge in [0.2, 0.25) is 0 Å². The van der Waals surface area contributed by atoms with Crippen LogP contribution in [0.25, 0.3) is 0 Å². The van der Waals surface area contributed by atoms with Crippen LogP contribution in [0.15, 0.2) is 15.4 Å². The molecule has 0 aromatic heterocycles. The predicted octanol–water partition coefficient (Wildman–Crippen LogP) is 1.64. The molecule has 0 aromatic rings. The van der Waals surface area contributed by atoms with Gasteiger partial charge < -0.3 is 5.41 Å². The molecule has 0 fully saturated rings. The van der Waals surface area contributed by atoms with Crippen molar-refractivity contribution in [1.29, 1.82) is 5.41 Å². The molecular weight excluding hydrogens is 120 g/mol. The monoisotopic (exact) mass is 126 g/mol. The van der Waals surface area contributed by atoms with Crippen molar-refractivity contribution in [1.82, 2.24) is 0 Å². The van der Waals surface area contributed by atoms with E-state index in [0.717, 1.165) is 11.3 Å². The van der Waals surface area contributed by atoms with Crippen molar-refractivity contribution < 1.29 is 0 Å². The highest BCUT2D eigenvalue weighted by Gasteiger charge is 1.98. The van der Waals surface area contributed by atoms with Crippen LogP contribution in [0.1, 0.15) is 6.42 Å². The lowest BCUT2D eigenvalue weighted by Gasteiger charge is -1.83. The zero-order chi connectivity index (χ0) is 5.82. The Kier molecular flexibility index (Phi) is 1.86. The first kappa shape index (κ1) is 5.56. The van der Waals surface area contributed by atoms with Crippen molar-refractivity contribution in [3.8, 4) is 0 Å². The summed E-state index contributed by atoms with van der Waals surface area (Å²) >= 11 is 1.45. The Morgan fingerprint density at radius 2 is 2.75 bits per heavy atom. The number of nitrogens with zero attached hydrogens (tertiary/aromatic N) is 1. The van der Waals surface area contributed by atoms with Gasteiger partial charge in [-0.2, -0.15) is 0 Å². The normalized spacial score (nSPS) is 22.2. The van der Waals surface area contributed by atoms with Crippen molar-refractivity contribution in [2.75, 3.05) is 0 Å². The van der Waals surface area contributed by atoms with Crippen LogP contribution in [0.5, 0.6) is 0 Å². The third-order valence-corrected chi connectivity index (χ3v) is 1.60. The molecule has 0 bridgehead atoms. The smallest absolute Gasteiger partial charge is 0.0186 e. The fraction of sp³-hybridized carbons (Fsp3) is 0.200. The minimum absolute atomic E-state index is 0.903. The Bertz CT molecular complexity index is 139. The highest BCUT2D eigenvalue weighted by molar-refractivity contribution is 8.02. The van der Waals surface area contributed by atoms with E-state index in [0.29, 0.717) is 0 Å². The SMILES string of the molecule is N=C/C=C1/CC=NS1.